The standard InChI is InChI=1S/C13H14N2O3/c1-9-6-15-12(18-9)8-14-7-10-3-2-4-11(5-10)13(16)17/h2-6,14H,7-8H2,1H3,(H,16,17). The van der Waals surface area contributed by atoms with Gasteiger partial charge in [0.2, 0.25) is 5.89 Å². The molecular formula is C13H14N2O3. The predicted octanol–water partition coefficient (Wildman–Crippen LogP) is 1.97. The molecular weight excluding hydrogens is 232 g/mol. The van der Waals surface area contributed by atoms with Crippen molar-refractivity contribution in [1.29, 1.82) is 0 Å². The van der Waals surface area contributed by atoms with Gasteiger partial charge in [-0.3, -0.25) is 0 Å². The normalized spacial score (nSPS) is 10.5. The number of nitrogens with one attached hydrogen (secondary N) is 1. The summed E-state index contributed by atoms with van der Waals surface area (Å²) in [6.07, 6.45) is 1.67. The van der Waals surface area contributed by atoms with E-state index in [0.717, 1.165) is 11.3 Å². The Labute approximate surface area is 104 Å². The van der Waals surface area contributed by atoms with Gasteiger partial charge in [0.25, 0.3) is 0 Å². The van der Waals surface area contributed by atoms with E-state index < -0.39 is 5.97 Å². The molecule has 0 aliphatic rings. The Hall–Kier alpha value is -2.14. The van der Waals surface area contributed by atoms with Gasteiger partial charge in [0.05, 0.1) is 18.3 Å². The Balaban J connectivity index is 1.90. The molecule has 2 N–H and O–H groups in total. The topological polar surface area (TPSA) is 75.4 Å². The molecule has 2 aromatic rings. The van der Waals surface area contributed by atoms with Crippen molar-refractivity contribution in [2.24, 2.45) is 0 Å². The quantitative estimate of drug-likeness (QED) is 0.843. The second-order valence-electron chi connectivity index (χ2n) is 3.97. The van der Waals surface area contributed by atoms with Crippen LogP contribution in [0.4, 0.5) is 0 Å². The number of hydrogen-bond acceptors (Lipinski definition) is 4. The zero-order valence-corrected chi connectivity index (χ0v) is 10.0. The molecule has 5 heteroatoms. The van der Waals surface area contributed by atoms with Crippen LogP contribution in [0.5, 0.6) is 0 Å². The smallest absolute Gasteiger partial charge is 0.335 e. The van der Waals surface area contributed by atoms with Crippen LogP contribution in [0.2, 0.25) is 0 Å². The van der Waals surface area contributed by atoms with E-state index >= 15 is 0 Å². The number of rotatable bonds is 5. The second kappa shape index (κ2) is 5.46. The summed E-state index contributed by atoms with van der Waals surface area (Å²) in [5.74, 6) is 0.488. The lowest BCUT2D eigenvalue weighted by Gasteiger charge is -2.03. The highest BCUT2D eigenvalue weighted by atomic mass is 16.4. The maximum absolute atomic E-state index is 10.8. The number of carboxylic acid groups (broad SMARTS) is 1. The predicted molar refractivity (Wildman–Crippen MR) is 65.2 cm³/mol. The third-order valence-corrected chi connectivity index (χ3v) is 2.45. The lowest BCUT2D eigenvalue weighted by molar-refractivity contribution is 0.0696. The van der Waals surface area contributed by atoms with Crippen LogP contribution >= 0.6 is 0 Å². The Morgan fingerprint density at radius 3 is 2.94 bits per heavy atom. The molecule has 1 aromatic heterocycles. The van der Waals surface area contributed by atoms with Crippen LogP contribution < -0.4 is 5.32 Å². The number of benzene rings is 1. The van der Waals surface area contributed by atoms with Crippen LogP contribution in [0, 0.1) is 6.92 Å². The van der Waals surface area contributed by atoms with Crippen molar-refractivity contribution in [1.82, 2.24) is 10.3 Å². The number of aromatic carboxylic acids is 1. The van der Waals surface area contributed by atoms with Crippen molar-refractivity contribution in [3.63, 3.8) is 0 Å². The van der Waals surface area contributed by atoms with Crippen molar-refractivity contribution < 1.29 is 14.3 Å². The van der Waals surface area contributed by atoms with Crippen LogP contribution in [0.3, 0.4) is 0 Å². The fraction of sp³-hybridized carbons (Fsp3) is 0.231. The van der Waals surface area contributed by atoms with E-state index in [1.807, 2.05) is 13.0 Å². The highest BCUT2D eigenvalue weighted by Gasteiger charge is 2.04. The highest BCUT2D eigenvalue weighted by Crippen LogP contribution is 2.06. The summed E-state index contributed by atoms with van der Waals surface area (Å²) in [4.78, 5) is 14.9. The first-order valence-electron chi connectivity index (χ1n) is 5.59. The molecule has 0 spiro atoms. The molecule has 0 radical (unpaired) electrons. The van der Waals surface area contributed by atoms with Gasteiger partial charge in [-0.05, 0) is 24.6 Å². The molecule has 5 nitrogen and oxygen atoms in total. The van der Waals surface area contributed by atoms with Crippen molar-refractivity contribution in [2.75, 3.05) is 0 Å². The lowest BCUT2D eigenvalue weighted by Crippen LogP contribution is -2.13. The molecule has 0 fully saturated rings. The van der Waals surface area contributed by atoms with Crippen LogP contribution in [0.1, 0.15) is 27.6 Å². The minimum atomic E-state index is -0.917. The van der Waals surface area contributed by atoms with Gasteiger partial charge in [0, 0.05) is 6.54 Å². The van der Waals surface area contributed by atoms with Gasteiger partial charge in [-0.1, -0.05) is 12.1 Å². The van der Waals surface area contributed by atoms with E-state index in [1.165, 1.54) is 0 Å². The third-order valence-electron chi connectivity index (χ3n) is 2.45. The number of carbonyl (C=O) groups is 1. The van der Waals surface area contributed by atoms with Gasteiger partial charge in [-0.25, -0.2) is 9.78 Å². The average molecular weight is 246 g/mol. The fourth-order valence-corrected chi connectivity index (χ4v) is 1.61. The van der Waals surface area contributed by atoms with E-state index in [4.69, 9.17) is 9.52 Å². The number of aromatic nitrogens is 1. The maximum atomic E-state index is 10.8. The van der Waals surface area contributed by atoms with Crippen molar-refractivity contribution in [2.45, 2.75) is 20.0 Å². The Morgan fingerprint density at radius 1 is 1.44 bits per heavy atom. The summed E-state index contributed by atoms with van der Waals surface area (Å²) in [5, 5.41) is 12.0. The first-order valence-corrected chi connectivity index (χ1v) is 5.59. The molecule has 1 aromatic carbocycles. The fourth-order valence-electron chi connectivity index (χ4n) is 1.61. The SMILES string of the molecule is Cc1cnc(CNCc2cccc(C(=O)O)c2)o1. The monoisotopic (exact) mass is 246 g/mol. The Morgan fingerprint density at radius 2 is 2.28 bits per heavy atom. The van der Waals surface area contributed by atoms with Gasteiger partial charge >= 0.3 is 5.97 Å². The van der Waals surface area contributed by atoms with E-state index in [-0.39, 0.29) is 0 Å². The van der Waals surface area contributed by atoms with Crippen LogP contribution in [-0.4, -0.2) is 16.1 Å². The van der Waals surface area contributed by atoms with Crippen LogP contribution in [0.25, 0.3) is 0 Å². The highest BCUT2D eigenvalue weighted by molar-refractivity contribution is 5.87. The van der Waals surface area contributed by atoms with Gasteiger partial charge in [0.1, 0.15) is 5.76 Å². The minimum absolute atomic E-state index is 0.293. The van der Waals surface area contributed by atoms with E-state index in [1.54, 1.807) is 24.4 Å². The average Bonchev–Trinajstić information content (AvgIpc) is 2.75. The maximum Gasteiger partial charge on any atom is 0.335 e. The van der Waals surface area contributed by atoms with Crippen LogP contribution in [-0.2, 0) is 13.1 Å². The molecule has 0 aliphatic heterocycles. The molecule has 0 bridgehead atoms. The molecule has 0 amide bonds. The van der Waals surface area contributed by atoms with E-state index in [9.17, 15) is 4.79 Å². The Bertz CT molecular complexity index is 549. The lowest BCUT2D eigenvalue weighted by atomic mass is 10.1. The number of oxazole rings is 1. The summed E-state index contributed by atoms with van der Waals surface area (Å²) in [6, 6.07) is 6.83. The van der Waals surface area contributed by atoms with Gasteiger partial charge in [-0.15, -0.1) is 0 Å². The Kier molecular flexibility index (Phi) is 3.74. The summed E-state index contributed by atoms with van der Waals surface area (Å²) in [7, 11) is 0. The number of hydrogen-bond donors (Lipinski definition) is 2. The van der Waals surface area contributed by atoms with Crippen molar-refractivity contribution in [3.05, 3.63) is 53.2 Å². The molecule has 0 atom stereocenters. The summed E-state index contributed by atoms with van der Waals surface area (Å²) in [5.41, 5.74) is 1.21. The van der Waals surface area contributed by atoms with Gasteiger partial charge < -0.3 is 14.8 Å². The summed E-state index contributed by atoms with van der Waals surface area (Å²) in [6.45, 7) is 2.93. The first-order chi connectivity index (χ1) is 8.65. The number of nitrogens with zero attached hydrogens (tertiary/aromatic N) is 1. The molecule has 1 heterocycles. The largest absolute Gasteiger partial charge is 0.478 e. The van der Waals surface area contributed by atoms with Crippen molar-refractivity contribution >= 4 is 5.97 Å². The third kappa shape index (κ3) is 3.18. The first kappa shape index (κ1) is 12.3. The molecule has 2 rings (SSSR count). The summed E-state index contributed by atoms with van der Waals surface area (Å²) < 4.78 is 5.32. The van der Waals surface area contributed by atoms with Gasteiger partial charge in [-0.2, -0.15) is 0 Å². The summed E-state index contributed by atoms with van der Waals surface area (Å²) >= 11 is 0. The molecule has 0 saturated heterocycles. The molecule has 0 saturated carbocycles. The number of aryl methyl sites for hydroxylation is 1. The van der Waals surface area contributed by atoms with Gasteiger partial charge in [0.15, 0.2) is 0 Å². The number of carboxylic acids is 1. The van der Waals surface area contributed by atoms with E-state index in [0.29, 0.717) is 24.5 Å². The second-order valence-corrected chi connectivity index (χ2v) is 3.97. The minimum Gasteiger partial charge on any atom is -0.478 e. The molecule has 18 heavy (non-hydrogen) atoms. The zero-order chi connectivity index (χ0) is 13.0. The van der Waals surface area contributed by atoms with E-state index in [2.05, 4.69) is 10.3 Å². The van der Waals surface area contributed by atoms with Crippen LogP contribution in [0.15, 0.2) is 34.9 Å². The molecule has 0 aliphatic carbocycles. The molecule has 94 valence electrons. The zero-order valence-electron chi connectivity index (χ0n) is 10.0. The molecule has 0 unspecified atom stereocenters. The van der Waals surface area contributed by atoms with Crippen molar-refractivity contribution in [3.8, 4) is 0 Å².